The van der Waals surface area contributed by atoms with Gasteiger partial charge in [0.05, 0.1) is 0 Å². The van der Waals surface area contributed by atoms with Gasteiger partial charge in [0.25, 0.3) is 5.76 Å². The molecule has 1 aliphatic rings. The number of rotatable bonds is 3. The second kappa shape index (κ2) is 5.64. The molecule has 1 nitrogen and oxygen atoms in total. The first-order valence-corrected chi connectivity index (χ1v) is 6.42. The summed E-state index contributed by atoms with van der Waals surface area (Å²) in [6.07, 6.45) is 3.40. The molecule has 0 radical (unpaired) electrons. The first kappa shape index (κ1) is 11.9. The molecule has 0 spiro atoms. The van der Waals surface area contributed by atoms with Crippen molar-refractivity contribution in [2.24, 2.45) is 0 Å². The molecule has 1 fully saturated rings. The summed E-state index contributed by atoms with van der Waals surface area (Å²) in [5, 5.41) is 3.39. The Morgan fingerprint density at radius 1 is 1.25 bits per heavy atom. The predicted octanol–water partition coefficient (Wildman–Crippen LogP) is 3.82. The van der Waals surface area contributed by atoms with Crippen LogP contribution in [0.1, 0.15) is 30.9 Å². The van der Waals surface area contributed by atoms with E-state index >= 15 is 0 Å². The van der Waals surface area contributed by atoms with Crippen LogP contribution < -0.4 is 5.32 Å². The second-order valence-electron chi connectivity index (χ2n) is 3.92. The van der Waals surface area contributed by atoms with Gasteiger partial charge in [-0.1, -0.05) is 36.4 Å². The van der Waals surface area contributed by atoms with Gasteiger partial charge in [-0.3, -0.25) is 0 Å². The summed E-state index contributed by atoms with van der Waals surface area (Å²) in [5.41, 5.74) is 1.02. The lowest BCUT2D eigenvalue weighted by Gasteiger charge is -2.25. The van der Waals surface area contributed by atoms with Gasteiger partial charge in [-0.05, 0) is 31.0 Å². The Morgan fingerprint density at radius 3 is 2.75 bits per heavy atom. The zero-order valence-electron chi connectivity index (χ0n) is 8.96. The van der Waals surface area contributed by atoms with E-state index in [1.165, 1.54) is 12.8 Å². The van der Waals surface area contributed by atoms with E-state index in [0.29, 0.717) is 16.7 Å². The van der Waals surface area contributed by atoms with Crippen molar-refractivity contribution in [3.8, 4) is 0 Å². The third kappa shape index (κ3) is 2.95. The van der Waals surface area contributed by atoms with Gasteiger partial charge in [0, 0.05) is 10.9 Å². The van der Waals surface area contributed by atoms with Crippen molar-refractivity contribution in [2.75, 3.05) is 6.54 Å². The molecular formula is C12H15F2NS. The summed E-state index contributed by atoms with van der Waals surface area (Å²) in [6.45, 7) is 0.984. The average Bonchev–Trinajstić information content (AvgIpc) is 2.30. The highest BCUT2D eigenvalue weighted by Gasteiger charge is 2.19. The summed E-state index contributed by atoms with van der Waals surface area (Å²) >= 11 is 0.645. The quantitative estimate of drug-likeness (QED) is 0.810. The van der Waals surface area contributed by atoms with Crippen LogP contribution in [0.3, 0.4) is 0 Å². The molecular weight excluding hydrogens is 228 g/mol. The van der Waals surface area contributed by atoms with E-state index in [4.69, 9.17) is 0 Å². The average molecular weight is 243 g/mol. The topological polar surface area (TPSA) is 12.0 Å². The molecule has 0 saturated carbocycles. The molecule has 0 amide bonds. The zero-order valence-corrected chi connectivity index (χ0v) is 9.77. The number of nitrogens with one attached hydrogen (secondary N) is 1. The fourth-order valence-electron chi connectivity index (χ4n) is 2.09. The van der Waals surface area contributed by atoms with Gasteiger partial charge in [-0.15, -0.1) is 0 Å². The second-order valence-corrected chi connectivity index (χ2v) is 4.95. The first-order valence-electron chi connectivity index (χ1n) is 5.54. The van der Waals surface area contributed by atoms with Crippen LogP contribution in [0.4, 0.5) is 8.78 Å². The smallest absolute Gasteiger partial charge is 0.288 e. The summed E-state index contributed by atoms with van der Waals surface area (Å²) in [7, 11) is 0. The maximum atomic E-state index is 12.4. The van der Waals surface area contributed by atoms with Gasteiger partial charge >= 0.3 is 0 Å². The normalized spacial score (nSPS) is 21.3. The minimum Gasteiger partial charge on any atom is -0.310 e. The number of benzene rings is 1. The Kier molecular flexibility index (Phi) is 4.18. The van der Waals surface area contributed by atoms with Gasteiger partial charge in [0.1, 0.15) is 0 Å². The van der Waals surface area contributed by atoms with Crippen molar-refractivity contribution < 1.29 is 8.78 Å². The molecule has 1 unspecified atom stereocenters. The Labute approximate surface area is 98.6 Å². The highest BCUT2D eigenvalue weighted by atomic mass is 32.2. The van der Waals surface area contributed by atoms with Gasteiger partial charge in [0.15, 0.2) is 0 Å². The maximum Gasteiger partial charge on any atom is 0.288 e. The predicted molar refractivity (Wildman–Crippen MR) is 62.9 cm³/mol. The van der Waals surface area contributed by atoms with E-state index in [9.17, 15) is 8.78 Å². The monoisotopic (exact) mass is 243 g/mol. The third-order valence-corrected chi connectivity index (χ3v) is 3.62. The van der Waals surface area contributed by atoms with Crippen molar-refractivity contribution >= 4 is 11.8 Å². The molecule has 1 aliphatic heterocycles. The summed E-state index contributed by atoms with van der Waals surface area (Å²) < 4.78 is 24.8. The highest BCUT2D eigenvalue weighted by Crippen LogP contribution is 2.34. The highest BCUT2D eigenvalue weighted by molar-refractivity contribution is 7.99. The lowest BCUT2D eigenvalue weighted by atomic mass is 9.98. The lowest BCUT2D eigenvalue weighted by Crippen LogP contribution is -2.27. The van der Waals surface area contributed by atoms with Gasteiger partial charge < -0.3 is 5.32 Å². The number of alkyl halides is 2. The number of halogens is 2. The maximum absolute atomic E-state index is 12.4. The van der Waals surface area contributed by atoms with E-state index in [-0.39, 0.29) is 6.04 Å². The molecule has 16 heavy (non-hydrogen) atoms. The van der Waals surface area contributed by atoms with Crippen LogP contribution in [0.25, 0.3) is 0 Å². The lowest BCUT2D eigenvalue weighted by molar-refractivity contribution is 0.252. The van der Waals surface area contributed by atoms with Crippen molar-refractivity contribution in [3.05, 3.63) is 29.8 Å². The van der Waals surface area contributed by atoms with E-state index in [2.05, 4.69) is 5.32 Å². The number of piperidine rings is 1. The zero-order chi connectivity index (χ0) is 11.4. The fraction of sp³-hybridized carbons (Fsp3) is 0.500. The summed E-state index contributed by atoms with van der Waals surface area (Å²) in [4.78, 5) is 0.705. The Morgan fingerprint density at radius 2 is 2.06 bits per heavy atom. The molecule has 1 aromatic carbocycles. The molecule has 88 valence electrons. The largest absolute Gasteiger partial charge is 0.310 e. The Balaban J connectivity index is 2.17. The first-order chi connectivity index (χ1) is 7.77. The van der Waals surface area contributed by atoms with Gasteiger partial charge in [-0.2, -0.15) is 8.78 Å². The van der Waals surface area contributed by atoms with Gasteiger partial charge in [-0.25, -0.2) is 0 Å². The van der Waals surface area contributed by atoms with Crippen LogP contribution >= 0.6 is 11.8 Å². The summed E-state index contributed by atoms with van der Waals surface area (Å²) in [6, 6.07) is 7.71. The molecule has 1 atom stereocenters. The minimum atomic E-state index is -2.34. The standard InChI is InChI=1S/C12H15F2NS/c13-12(14)16-11-7-2-1-5-9(11)10-6-3-4-8-15-10/h1-2,5,7,10,12,15H,3-4,6,8H2. The van der Waals surface area contributed by atoms with E-state index in [0.717, 1.165) is 18.5 Å². The van der Waals surface area contributed by atoms with Crippen molar-refractivity contribution in [2.45, 2.75) is 36.0 Å². The van der Waals surface area contributed by atoms with Crippen LogP contribution in [0.2, 0.25) is 0 Å². The molecule has 0 bridgehead atoms. The number of hydrogen-bond acceptors (Lipinski definition) is 2. The van der Waals surface area contributed by atoms with Crippen LogP contribution in [-0.4, -0.2) is 12.3 Å². The van der Waals surface area contributed by atoms with Crippen LogP contribution in [0.5, 0.6) is 0 Å². The van der Waals surface area contributed by atoms with Crippen LogP contribution in [0, 0.1) is 0 Å². The van der Waals surface area contributed by atoms with E-state index < -0.39 is 5.76 Å². The molecule has 0 aromatic heterocycles. The minimum absolute atomic E-state index is 0.246. The van der Waals surface area contributed by atoms with Crippen LogP contribution in [0.15, 0.2) is 29.2 Å². The summed E-state index contributed by atoms with van der Waals surface area (Å²) in [5.74, 6) is -2.34. The number of hydrogen-bond donors (Lipinski definition) is 1. The van der Waals surface area contributed by atoms with Crippen molar-refractivity contribution in [3.63, 3.8) is 0 Å². The van der Waals surface area contributed by atoms with Gasteiger partial charge in [0.2, 0.25) is 0 Å². The molecule has 1 heterocycles. The van der Waals surface area contributed by atoms with E-state index in [1.807, 2.05) is 18.2 Å². The SMILES string of the molecule is FC(F)Sc1ccccc1C1CCCCN1. The molecule has 2 rings (SSSR count). The number of thioether (sulfide) groups is 1. The molecule has 1 saturated heterocycles. The van der Waals surface area contributed by atoms with Crippen molar-refractivity contribution in [1.29, 1.82) is 0 Å². The third-order valence-electron chi connectivity index (χ3n) is 2.82. The fourth-order valence-corrected chi connectivity index (χ4v) is 2.78. The van der Waals surface area contributed by atoms with Crippen LogP contribution in [-0.2, 0) is 0 Å². The Hall–Kier alpha value is -0.610. The molecule has 0 aliphatic carbocycles. The van der Waals surface area contributed by atoms with Crippen molar-refractivity contribution in [1.82, 2.24) is 5.32 Å². The molecule has 1 aromatic rings. The molecule has 4 heteroatoms. The molecule has 1 N–H and O–H groups in total. The Bertz CT molecular complexity index is 338. The van der Waals surface area contributed by atoms with E-state index in [1.54, 1.807) is 6.07 Å².